The number of aliphatic hydroxyl groups excluding tert-OH is 1. The maximum absolute atomic E-state index is 10.6. The highest BCUT2D eigenvalue weighted by atomic mass is 16.6. The number of aromatic hydroxyl groups is 2. The van der Waals surface area contributed by atoms with Crippen LogP contribution in [0.4, 0.5) is 5.69 Å². The van der Waals surface area contributed by atoms with Gasteiger partial charge >= 0.3 is 0 Å². The summed E-state index contributed by atoms with van der Waals surface area (Å²) in [5, 5.41) is 30.3. The highest BCUT2D eigenvalue weighted by Gasteiger charge is 2.52. The van der Waals surface area contributed by atoms with E-state index < -0.39 is 11.9 Å². The van der Waals surface area contributed by atoms with E-state index in [-0.39, 0.29) is 11.5 Å². The third kappa shape index (κ3) is 1.82. The fraction of sp³-hybridized carbons (Fsp3) is 0.100. The Hall–Kier alpha value is -3.22. The van der Waals surface area contributed by atoms with Crippen molar-refractivity contribution in [2.24, 2.45) is 0 Å². The van der Waals surface area contributed by atoms with Gasteiger partial charge in [-0.15, -0.1) is 0 Å². The molecule has 2 aliphatic rings. The summed E-state index contributed by atoms with van der Waals surface area (Å²) in [6, 6.07) is 14.7. The predicted molar refractivity (Wildman–Crippen MR) is 93.1 cm³/mol. The van der Waals surface area contributed by atoms with Crippen LogP contribution in [0, 0.1) is 0 Å². The van der Waals surface area contributed by atoms with Crippen LogP contribution in [0.1, 0.15) is 28.5 Å². The van der Waals surface area contributed by atoms with Crippen LogP contribution in [-0.2, 0) is 10.3 Å². The molecule has 1 unspecified atom stereocenters. The molecular weight excluding hydrogens is 334 g/mol. The molecule has 1 spiro atoms. The minimum atomic E-state index is -1.17. The van der Waals surface area contributed by atoms with Gasteiger partial charge in [-0.25, -0.2) is 0 Å². The van der Waals surface area contributed by atoms with Gasteiger partial charge < -0.3 is 30.5 Å². The van der Waals surface area contributed by atoms with E-state index in [4.69, 9.17) is 15.2 Å². The molecule has 0 radical (unpaired) electrons. The zero-order valence-corrected chi connectivity index (χ0v) is 13.5. The molecule has 1 atom stereocenters. The number of nitrogens with two attached hydrogens (primary N) is 1. The van der Waals surface area contributed by atoms with Gasteiger partial charge in [-0.05, 0) is 36.4 Å². The van der Waals surface area contributed by atoms with Crippen molar-refractivity contribution in [3.63, 3.8) is 0 Å². The van der Waals surface area contributed by atoms with E-state index in [1.54, 1.807) is 36.4 Å². The van der Waals surface area contributed by atoms with Crippen molar-refractivity contribution in [1.82, 2.24) is 0 Å². The fourth-order valence-corrected chi connectivity index (χ4v) is 3.85. The van der Waals surface area contributed by atoms with Crippen LogP contribution in [0.5, 0.6) is 23.0 Å². The second kappa shape index (κ2) is 4.91. The molecule has 5 N–H and O–H groups in total. The number of hydrogen-bond donors (Lipinski definition) is 4. The summed E-state index contributed by atoms with van der Waals surface area (Å²) in [6.45, 7) is 0. The quantitative estimate of drug-likeness (QED) is 0.465. The van der Waals surface area contributed by atoms with Crippen LogP contribution in [-0.4, -0.2) is 15.3 Å². The normalized spacial score (nSPS) is 18.7. The molecule has 0 amide bonds. The lowest BCUT2D eigenvalue weighted by Gasteiger charge is -2.37. The second-order valence-corrected chi connectivity index (χ2v) is 6.46. The van der Waals surface area contributed by atoms with E-state index >= 15 is 0 Å². The van der Waals surface area contributed by atoms with E-state index in [0.29, 0.717) is 33.9 Å². The SMILES string of the molecule is Nc1ccc2c(c1)C(O)OC21c2ccc(O)cc2Oc2cc(O)ccc21. The zero-order valence-electron chi connectivity index (χ0n) is 13.5. The average molecular weight is 349 g/mol. The molecule has 0 aromatic heterocycles. The number of phenolic OH excluding ortho intramolecular Hbond substituents is 2. The lowest BCUT2D eigenvalue weighted by atomic mass is 9.77. The molecule has 3 aromatic rings. The summed E-state index contributed by atoms with van der Waals surface area (Å²) in [7, 11) is 0. The maximum atomic E-state index is 10.6. The molecule has 2 heterocycles. The van der Waals surface area contributed by atoms with Crippen LogP contribution in [0.2, 0.25) is 0 Å². The summed E-state index contributed by atoms with van der Waals surface area (Å²) in [5.74, 6) is 0.858. The van der Waals surface area contributed by atoms with E-state index in [1.807, 2.05) is 6.07 Å². The molecular formula is C20H15NO5. The monoisotopic (exact) mass is 349 g/mol. The van der Waals surface area contributed by atoms with Crippen LogP contribution in [0.25, 0.3) is 0 Å². The van der Waals surface area contributed by atoms with Crippen LogP contribution in [0.3, 0.4) is 0 Å². The first-order chi connectivity index (χ1) is 12.5. The van der Waals surface area contributed by atoms with Crippen molar-refractivity contribution in [1.29, 1.82) is 0 Å². The second-order valence-electron chi connectivity index (χ2n) is 6.46. The smallest absolute Gasteiger partial charge is 0.183 e. The molecule has 26 heavy (non-hydrogen) atoms. The number of aliphatic hydroxyl groups is 1. The van der Waals surface area contributed by atoms with Gasteiger partial charge in [0.15, 0.2) is 11.9 Å². The summed E-state index contributed by atoms with van der Waals surface area (Å²) >= 11 is 0. The largest absolute Gasteiger partial charge is 0.508 e. The third-order valence-corrected chi connectivity index (χ3v) is 4.92. The summed E-state index contributed by atoms with van der Waals surface area (Å²) in [5.41, 5.74) is 7.88. The summed E-state index contributed by atoms with van der Waals surface area (Å²) in [6.07, 6.45) is -1.17. The molecule has 0 saturated heterocycles. The van der Waals surface area contributed by atoms with Gasteiger partial charge in [-0.1, -0.05) is 6.07 Å². The molecule has 0 aliphatic carbocycles. The van der Waals surface area contributed by atoms with Crippen molar-refractivity contribution < 1.29 is 24.8 Å². The Balaban J connectivity index is 1.89. The van der Waals surface area contributed by atoms with Crippen LogP contribution >= 0.6 is 0 Å². The van der Waals surface area contributed by atoms with E-state index in [9.17, 15) is 15.3 Å². The van der Waals surface area contributed by atoms with Crippen LogP contribution in [0.15, 0.2) is 54.6 Å². The Morgan fingerprint density at radius 1 is 0.808 bits per heavy atom. The zero-order chi connectivity index (χ0) is 18.1. The Morgan fingerprint density at radius 3 is 2.00 bits per heavy atom. The fourth-order valence-electron chi connectivity index (χ4n) is 3.85. The highest BCUT2D eigenvalue weighted by molar-refractivity contribution is 5.66. The van der Waals surface area contributed by atoms with Gasteiger partial charge in [0.05, 0.1) is 0 Å². The van der Waals surface area contributed by atoms with Gasteiger partial charge in [0.2, 0.25) is 0 Å². The van der Waals surface area contributed by atoms with Crippen molar-refractivity contribution in [3.8, 4) is 23.0 Å². The molecule has 6 nitrogen and oxygen atoms in total. The molecule has 5 rings (SSSR count). The van der Waals surface area contributed by atoms with Gasteiger partial charge in [0.1, 0.15) is 23.0 Å². The lowest BCUT2D eigenvalue weighted by molar-refractivity contribution is -0.142. The van der Waals surface area contributed by atoms with Crippen molar-refractivity contribution in [2.45, 2.75) is 11.9 Å². The Labute approximate surface area is 148 Å². The van der Waals surface area contributed by atoms with Crippen molar-refractivity contribution >= 4 is 5.69 Å². The maximum Gasteiger partial charge on any atom is 0.183 e. The van der Waals surface area contributed by atoms with Gasteiger partial charge in [-0.3, -0.25) is 0 Å². The minimum Gasteiger partial charge on any atom is -0.508 e. The van der Waals surface area contributed by atoms with Gasteiger partial charge in [0.25, 0.3) is 0 Å². The van der Waals surface area contributed by atoms with E-state index in [2.05, 4.69) is 0 Å². The first-order valence-electron chi connectivity index (χ1n) is 8.09. The lowest BCUT2D eigenvalue weighted by Crippen LogP contribution is -2.32. The molecule has 3 aromatic carbocycles. The summed E-state index contributed by atoms with van der Waals surface area (Å²) < 4.78 is 12.0. The number of anilines is 1. The molecule has 2 aliphatic heterocycles. The molecule has 130 valence electrons. The predicted octanol–water partition coefficient (Wildman–Crippen LogP) is 3.10. The number of fused-ring (bicyclic) bond motifs is 6. The first kappa shape index (κ1) is 15.1. The van der Waals surface area contributed by atoms with E-state index in [1.165, 1.54) is 12.1 Å². The van der Waals surface area contributed by atoms with Crippen LogP contribution < -0.4 is 10.5 Å². The van der Waals surface area contributed by atoms with Crippen molar-refractivity contribution in [2.75, 3.05) is 5.73 Å². The topological polar surface area (TPSA) is 105 Å². The summed E-state index contributed by atoms with van der Waals surface area (Å²) in [4.78, 5) is 0. The first-order valence-corrected chi connectivity index (χ1v) is 8.09. The number of benzene rings is 3. The Bertz CT molecular complexity index is 1010. The molecule has 0 bridgehead atoms. The molecule has 0 saturated carbocycles. The number of hydrogen-bond acceptors (Lipinski definition) is 6. The average Bonchev–Trinajstić information content (AvgIpc) is 2.87. The highest BCUT2D eigenvalue weighted by Crippen LogP contribution is 2.59. The number of nitrogen functional groups attached to an aromatic ring is 1. The number of ether oxygens (including phenoxy) is 2. The number of rotatable bonds is 0. The Morgan fingerprint density at radius 2 is 1.38 bits per heavy atom. The molecule has 6 heteroatoms. The van der Waals surface area contributed by atoms with Gasteiger partial charge in [0, 0.05) is 40.1 Å². The minimum absolute atomic E-state index is 0.0404. The Kier molecular flexibility index (Phi) is 2.84. The van der Waals surface area contributed by atoms with E-state index in [0.717, 1.165) is 5.56 Å². The van der Waals surface area contributed by atoms with Crippen molar-refractivity contribution in [3.05, 3.63) is 76.9 Å². The molecule has 0 fully saturated rings. The number of phenols is 2. The van der Waals surface area contributed by atoms with Gasteiger partial charge in [-0.2, -0.15) is 0 Å². The third-order valence-electron chi connectivity index (χ3n) is 4.92. The standard InChI is InChI=1S/C20H15NO5/c21-10-1-4-14-13(7-10)19(24)26-20(14)15-5-2-11(22)8-17(15)25-18-9-12(23)3-6-16(18)20/h1-9,19,22-24H,21H2.